The molecule has 1 heterocycles. The summed E-state index contributed by atoms with van der Waals surface area (Å²) in [6.07, 6.45) is 1.17. The molecule has 0 spiro atoms. The van der Waals surface area contributed by atoms with Gasteiger partial charge in [-0.15, -0.1) is 11.8 Å². The predicted octanol–water partition coefficient (Wildman–Crippen LogP) is 4.59. The van der Waals surface area contributed by atoms with Crippen molar-refractivity contribution < 1.29 is 19.1 Å². The summed E-state index contributed by atoms with van der Waals surface area (Å²) in [7, 11) is 0. The third-order valence-corrected chi connectivity index (χ3v) is 6.62. The molecular formula is C23H21NO4S2. The molecule has 2 aromatic carbocycles. The van der Waals surface area contributed by atoms with E-state index in [2.05, 4.69) is 5.32 Å². The third kappa shape index (κ3) is 5.64. The van der Waals surface area contributed by atoms with Gasteiger partial charge in [-0.25, -0.2) is 4.79 Å². The van der Waals surface area contributed by atoms with Crippen molar-refractivity contribution in [1.29, 1.82) is 0 Å². The maximum Gasteiger partial charge on any atom is 0.332 e. The second kappa shape index (κ2) is 10.3. The highest BCUT2D eigenvalue weighted by atomic mass is 32.2. The number of carbonyl (C=O) groups is 3. The fourth-order valence-corrected chi connectivity index (χ4v) is 4.84. The van der Waals surface area contributed by atoms with Gasteiger partial charge in [-0.2, -0.15) is 0 Å². The molecule has 1 aliphatic heterocycles. The average Bonchev–Trinajstić information content (AvgIpc) is 2.75. The van der Waals surface area contributed by atoms with Crippen LogP contribution in [0.5, 0.6) is 0 Å². The second-order valence-corrected chi connectivity index (χ2v) is 8.74. The normalized spacial score (nSPS) is 15.1. The number of Topliss-reactive ketones (excluding diaryl/α,β-unsaturated/α-hetero) is 1. The maximum atomic E-state index is 13.1. The van der Waals surface area contributed by atoms with Crippen molar-refractivity contribution in [3.63, 3.8) is 0 Å². The van der Waals surface area contributed by atoms with Crippen molar-refractivity contribution in [3.8, 4) is 0 Å². The van der Waals surface area contributed by atoms with E-state index in [1.54, 1.807) is 19.1 Å². The maximum absolute atomic E-state index is 13.1. The molecule has 0 saturated carbocycles. The van der Waals surface area contributed by atoms with Crippen LogP contribution in [0.4, 0.5) is 0 Å². The number of rotatable bonds is 7. The summed E-state index contributed by atoms with van der Waals surface area (Å²) < 4.78 is 5.55. The van der Waals surface area contributed by atoms with Gasteiger partial charge >= 0.3 is 5.97 Å². The van der Waals surface area contributed by atoms with Crippen molar-refractivity contribution in [2.45, 2.75) is 19.6 Å². The number of carbonyl (C=O) groups excluding carboxylic acids is 3. The zero-order valence-electron chi connectivity index (χ0n) is 16.6. The summed E-state index contributed by atoms with van der Waals surface area (Å²) in [5.41, 5.74) is 2.86. The minimum absolute atomic E-state index is 0.199. The first kappa shape index (κ1) is 21.9. The van der Waals surface area contributed by atoms with Crippen LogP contribution < -0.4 is 5.32 Å². The molecule has 0 aromatic heterocycles. The van der Waals surface area contributed by atoms with E-state index in [0.29, 0.717) is 15.6 Å². The number of ketones is 1. The number of hydrogen-bond donors (Lipinski definition) is 1. The van der Waals surface area contributed by atoms with Gasteiger partial charge in [0.2, 0.25) is 5.78 Å². The fraction of sp³-hybridized carbons (Fsp3) is 0.174. The van der Waals surface area contributed by atoms with E-state index in [1.165, 1.54) is 17.8 Å². The number of aryl methyl sites for hydroxylation is 1. The highest BCUT2D eigenvalue weighted by Crippen LogP contribution is 2.41. The number of nitrogens with one attached hydrogen (secondary N) is 1. The number of ether oxygens (including phenoxy) is 1. The highest BCUT2D eigenvalue weighted by Gasteiger charge is 2.29. The summed E-state index contributed by atoms with van der Waals surface area (Å²) in [6, 6.07) is 17.0. The number of hydrogen-bond acceptors (Lipinski definition) is 6. The smallest absolute Gasteiger partial charge is 0.332 e. The van der Waals surface area contributed by atoms with E-state index in [9.17, 15) is 14.4 Å². The Morgan fingerprint density at radius 1 is 1.10 bits per heavy atom. The van der Waals surface area contributed by atoms with Gasteiger partial charge in [0.15, 0.2) is 0 Å². The SMILES string of the molecule is CCOC(=O)/C=C1/SC(SCc2ccccc2)=C(C(=O)c2ccc(C)cc2)NC1=O. The first-order chi connectivity index (χ1) is 14.5. The third-order valence-electron chi connectivity index (χ3n) is 4.16. The lowest BCUT2D eigenvalue weighted by atomic mass is 10.1. The van der Waals surface area contributed by atoms with Crippen LogP contribution in [0.3, 0.4) is 0 Å². The molecular weight excluding hydrogens is 418 g/mol. The molecule has 1 aliphatic rings. The zero-order valence-corrected chi connectivity index (χ0v) is 18.3. The molecule has 0 radical (unpaired) electrons. The number of thioether (sulfide) groups is 2. The molecule has 0 bridgehead atoms. The van der Waals surface area contributed by atoms with Crippen molar-refractivity contribution in [1.82, 2.24) is 5.32 Å². The first-order valence-corrected chi connectivity index (χ1v) is 11.2. The lowest BCUT2D eigenvalue weighted by Crippen LogP contribution is -2.32. The molecule has 0 unspecified atom stereocenters. The van der Waals surface area contributed by atoms with Crippen molar-refractivity contribution >= 4 is 41.2 Å². The van der Waals surface area contributed by atoms with E-state index in [4.69, 9.17) is 4.74 Å². The van der Waals surface area contributed by atoms with Gasteiger partial charge in [-0.05, 0) is 19.4 Å². The Labute approximate surface area is 184 Å². The molecule has 2 aromatic rings. The summed E-state index contributed by atoms with van der Waals surface area (Å²) in [5.74, 6) is -0.721. The molecule has 154 valence electrons. The monoisotopic (exact) mass is 439 g/mol. The molecule has 0 atom stereocenters. The van der Waals surface area contributed by atoms with Gasteiger partial charge in [0.05, 0.1) is 15.7 Å². The molecule has 3 rings (SSSR count). The molecule has 0 fully saturated rings. The van der Waals surface area contributed by atoms with Crippen LogP contribution in [0.2, 0.25) is 0 Å². The summed E-state index contributed by atoms with van der Waals surface area (Å²) in [4.78, 5) is 37.7. The zero-order chi connectivity index (χ0) is 21.5. The van der Waals surface area contributed by atoms with Crippen LogP contribution in [-0.4, -0.2) is 24.3 Å². The Bertz CT molecular complexity index is 1010. The Hall–Kier alpha value is -2.77. The van der Waals surface area contributed by atoms with Gasteiger partial charge in [0, 0.05) is 17.4 Å². The van der Waals surface area contributed by atoms with Crippen LogP contribution >= 0.6 is 23.5 Å². The minimum atomic E-state index is -0.587. The number of amides is 1. The van der Waals surface area contributed by atoms with Crippen LogP contribution in [0.15, 0.2) is 75.5 Å². The molecule has 1 N–H and O–H groups in total. The lowest BCUT2D eigenvalue weighted by molar-refractivity contribution is -0.137. The number of benzene rings is 2. The van der Waals surface area contributed by atoms with Crippen LogP contribution in [0.1, 0.15) is 28.4 Å². The first-order valence-electron chi connectivity index (χ1n) is 9.38. The minimum Gasteiger partial charge on any atom is -0.463 e. The molecule has 7 heteroatoms. The van der Waals surface area contributed by atoms with E-state index >= 15 is 0 Å². The van der Waals surface area contributed by atoms with Gasteiger partial charge in [0.25, 0.3) is 5.91 Å². The Kier molecular flexibility index (Phi) is 7.54. The van der Waals surface area contributed by atoms with Crippen LogP contribution in [0, 0.1) is 6.92 Å². The van der Waals surface area contributed by atoms with E-state index in [-0.39, 0.29) is 23.0 Å². The Morgan fingerprint density at radius 3 is 2.47 bits per heavy atom. The fourth-order valence-electron chi connectivity index (χ4n) is 2.63. The molecule has 0 aliphatic carbocycles. The van der Waals surface area contributed by atoms with Gasteiger partial charge in [-0.1, -0.05) is 71.9 Å². The molecule has 0 saturated heterocycles. The van der Waals surface area contributed by atoms with Gasteiger partial charge in [-0.3, -0.25) is 9.59 Å². The van der Waals surface area contributed by atoms with Gasteiger partial charge in [0.1, 0.15) is 5.70 Å². The van der Waals surface area contributed by atoms with Crippen LogP contribution in [-0.2, 0) is 20.1 Å². The van der Waals surface area contributed by atoms with E-state index < -0.39 is 11.9 Å². The molecule has 5 nitrogen and oxygen atoms in total. The van der Waals surface area contributed by atoms with E-state index in [0.717, 1.165) is 22.9 Å². The van der Waals surface area contributed by atoms with Crippen molar-refractivity contribution in [2.75, 3.05) is 6.61 Å². The predicted molar refractivity (Wildman–Crippen MR) is 121 cm³/mol. The largest absolute Gasteiger partial charge is 0.463 e. The summed E-state index contributed by atoms with van der Waals surface area (Å²) in [5, 5.41) is 2.69. The summed E-state index contributed by atoms with van der Waals surface area (Å²) in [6.45, 7) is 3.86. The Morgan fingerprint density at radius 2 is 1.80 bits per heavy atom. The van der Waals surface area contributed by atoms with Gasteiger partial charge < -0.3 is 10.1 Å². The molecule has 1 amide bonds. The lowest BCUT2D eigenvalue weighted by Gasteiger charge is -2.21. The number of allylic oxidation sites excluding steroid dienone is 1. The standard InChI is InChI=1S/C23H21NO4S2/c1-3-28-19(25)13-18-22(27)24-20(21(26)17-11-9-15(2)10-12-17)23(30-18)29-14-16-7-5-4-6-8-16/h4-13H,3,14H2,1-2H3,(H,24,27)/b18-13+. The Balaban J connectivity index is 1.92. The second-order valence-electron chi connectivity index (χ2n) is 6.45. The highest BCUT2D eigenvalue weighted by molar-refractivity contribution is 8.24. The van der Waals surface area contributed by atoms with Crippen LogP contribution in [0.25, 0.3) is 0 Å². The van der Waals surface area contributed by atoms with Crippen molar-refractivity contribution in [3.05, 3.63) is 92.2 Å². The topological polar surface area (TPSA) is 72.5 Å². The molecule has 30 heavy (non-hydrogen) atoms. The quantitative estimate of drug-likeness (QED) is 0.386. The number of esters is 1. The summed E-state index contributed by atoms with van der Waals surface area (Å²) >= 11 is 2.56. The van der Waals surface area contributed by atoms with Crippen molar-refractivity contribution in [2.24, 2.45) is 0 Å². The average molecular weight is 440 g/mol. The van der Waals surface area contributed by atoms with E-state index in [1.807, 2.05) is 49.4 Å².